The molecule has 1 aromatic heterocycles. The van der Waals surface area contributed by atoms with Gasteiger partial charge in [-0.15, -0.1) is 0 Å². The van der Waals surface area contributed by atoms with Crippen molar-refractivity contribution in [3.63, 3.8) is 0 Å². The Morgan fingerprint density at radius 1 is 1.44 bits per heavy atom. The topological polar surface area (TPSA) is 85.1 Å². The number of hydrazine groups is 1. The van der Waals surface area contributed by atoms with Gasteiger partial charge < -0.3 is 0 Å². The van der Waals surface area contributed by atoms with Gasteiger partial charge in [-0.05, 0) is 31.4 Å². The normalized spacial score (nSPS) is 24.7. The van der Waals surface area contributed by atoms with Crippen LogP contribution in [0.2, 0.25) is 0 Å². The molecule has 3 N–H and O–H groups in total. The standard InChI is InChI=1S/C12H19N3O2S/c1-9-5-6-10(8-14-9)12(15-13)11-4-2-3-7-18(11,16)17/h5-6,8,11-12,15H,2-4,7,13H2,1H3. The minimum Gasteiger partial charge on any atom is -0.271 e. The molecule has 0 spiro atoms. The lowest BCUT2D eigenvalue weighted by Crippen LogP contribution is -2.43. The van der Waals surface area contributed by atoms with Gasteiger partial charge in [-0.2, -0.15) is 0 Å². The van der Waals surface area contributed by atoms with Gasteiger partial charge in [0.2, 0.25) is 0 Å². The second kappa shape index (κ2) is 5.34. The van der Waals surface area contributed by atoms with E-state index >= 15 is 0 Å². The summed E-state index contributed by atoms with van der Waals surface area (Å²) in [5, 5.41) is -0.444. The number of aryl methyl sites for hydroxylation is 1. The fourth-order valence-corrected chi connectivity index (χ4v) is 4.52. The quantitative estimate of drug-likeness (QED) is 0.628. The first-order valence-corrected chi connectivity index (χ1v) is 7.86. The highest BCUT2D eigenvalue weighted by molar-refractivity contribution is 7.92. The molecule has 6 heteroatoms. The molecule has 2 heterocycles. The molecule has 2 atom stereocenters. The molecule has 2 unspecified atom stereocenters. The van der Waals surface area contributed by atoms with Gasteiger partial charge >= 0.3 is 0 Å². The van der Waals surface area contributed by atoms with E-state index in [2.05, 4.69) is 10.4 Å². The van der Waals surface area contributed by atoms with Crippen LogP contribution in [0.3, 0.4) is 0 Å². The zero-order valence-corrected chi connectivity index (χ0v) is 11.3. The molecule has 1 aliphatic heterocycles. The number of hydrogen-bond acceptors (Lipinski definition) is 5. The van der Waals surface area contributed by atoms with Gasteiger partial charge in [-0.25, -0.2) is 8.42 Å². The maximum Gasteiger partial charge on any atom is 0.155 e. The summed E-state index contributed by atoms with van der Waals surface area (Å²) in [4.78, 5) is 4.20. The Kier molecular flexibility index (Phi) is 3.99. The van der Waals surface area contributed by atoms with Crippen LogP contribution in [0.4, 0.5) is 0 Å². The highest BCUT2D eigenvalue weighted by atomic mass is 32.2. The average Bonchev–Trinajstić information content (AvgIpc) is 2.34. The Balaban J connectivity index is 2.30. The van der Waals surface area contributed by atoms with Crippen molar-refractivity contribution in [1.82, 2.24) is 10.4 Å². The fourth-order valence-electron chi connectivity index (χ4n) is 2.44. The summed E-state index contributed by atoms with van der Waals surface area (Å²) in [5.41, 5.74) is 4.38. The number of hydrogen-bond donors (Lipinski definition) is 2. The number of nitrogens with zero attached hydrogens (tertiary/aromatic N) is 1. The SMILES string of the molecule is Cc1ccc(C(NN)C2CCCCS2(=O)=O)cn1. The van der Waals surface area contributed by atoms with Crippen molar-refractivity contribution in [2.24, 2.45) is 5.84 Å². The van der Waals surface area contributed by atoms with Gasteiger partial charge in [0, 0.05) is 11.9 Å². The van der Waals surface area contributed by atoms with Gasteiger partial charge in [0.15, 0.2) is 9.84 Å². The molecule has 1 aliphatic rings. The largest absolute Gasteiger partial charge is 0.271 e. The number of pyridine rings is 1. The van der Waals surface area contributed by atoms with Crippen molar-refractivity contribution >= 4 is 9.84 Å². The number of nitrogens with one attached hydrogen (secondary N) is 1. The molecule has 1 fully saturated rings. The number of aromatic nitrogens is 1. The average molecular weight is 269 g/mol. The van der Waals surface area contributed by atoms with Crippen molar-refractivity contribution < 1.29 is 8.42 Å². The summed E-state index contributed by atoms with van der Waals surface area (Å²) >= 11 is 0. The predicted molar refractivity (Wildman–Crippen MR) is 70.5 cm³/mol. The summed E-state index contributed by atoms with van der Waals surface area (Å²) < 4.78 is 24.2. The maximum atomic E-state index is 12.1. The molecular weight excluding hydrogens is 250 g/mol. The van der Waals surface area contributed by atoms with E-state index in [1.165, 1.54) is 0 Å². The highest BCUT2D eigenvalue weighted by Gasteiger charge is 2.35. The minimum absolute atomic E-state index is 0.259. The fraction of sp³-hybridized carbons (Fsp3) is 0.583. The minimum atomic E-state index is -3.06. The summed E-state index contributed by atoms with van der Waals surface area (Å²) in [6.07, 6.45) is 4.04. The Morgan fingerprint density at radius 2 is 2.22 bits per heavy atom. The van der Waals surface area contributed by atoms with Crippen molar-refractivity contribution in [3.05, 3.63) is 29.6 Å². The van der Waals surface area contributed by atoms with E-state index in [4.69, 9.17) is 5.84 Å². The van der Waals surface area contributed by atoms with Crippen LogP contribution in [0.15, 0.2) is 18.3 Å². The molecule has 5 nitrogen and oxygen atoms in total. The molecule has 100 valence electrons. The number of sulfone groups is 1. The van der Waals surface area contributed by atoms with Crippen molar-refractivity contribution in [1.29, 1.82) is 0 Å². The Hall–Kier alpha value is -0.980. The first-order chi connectivity index (χ1) is 8.54. The predicted octanol–water partition coefficient (Wildman–Crippen LogP) is 0.862. The smallest absolute Gasteiger partial charge is 0.155 e. The van der Waals surface area contributed by atoms with Crippen LogP contribution in [0.5, 0.6) is 0 Å². The van der Waals surface area contributed by atoms with E-state index in [1.807, 2.05) is 19.1 Å². The van der Waals surface area contributed by atoms with Crippen molar-refractivity contribution in [2.75, 3.05) is 5.75 Å². The number of nitrogens with two attached hydrogens (primary N) is 1. The van der Waals surface area contributed by atoms with E-state index < -0.39 is 15.1 Å². The maximum absolute atomic E-state index is 12.1. The van der Waals surface area contributed by atoms with Gasteiger partial charge in [0.05, 0.1) is 17.0 Å². The molecule has 18 heavy (non-hydrogen) atoms. The van der Waals surface area contributed by atoms with Crippen LogP contribution in [0, 0.1) is 6.92 Å². The van der Waals surface area contributed by atoms with Gasteiger partial charge in [-0.3, -0.25) is 16.3 Å². The first-order valence-electron chi connectivity index (χ1n) is 6.15. The van der Waals surface area contributed by atoms with Crippen LogP contribution >= 0.6 is 0 Å². The Bertz CT molecular complexity index is 499. The first kappa shape index (κ1) is 13.5. The van der Waals surface area contributed by atoms with E-state index in [9.17, 15) is 8.42 Å². The third-order valence-electron chi connectivity index (χ3n) is 3.47. The van der Waals surface area contributed by atoms with Crippen LogP contribution in [0.25, 0.3) is 0 Å². The molecule has 2 rings (SSSR count). The second-order valence-electron chi connectivity index (χ2n) is 4.78. The summed E-state index contributed by atoms with van der Waals surface area (Å²) in [7, 11) is -3.06. The molecule has 1 saturated heterocycles. The molecule has 1 aromatic rings. The summed E-state index contributed by atoms with van der Waals surface area (Å²) in [6, 6.07) is 3.38. The van der Waals surface area contributed by atoms with E-state index in [0.717, 1.165) is 24.1 Å². The van der Waals surface area contributed by atoms with Crippen LogP contribution < -0.4 is 11.3 Å². The second-order valence-corrected chi connectivity index (χ2v) is 7.12. The zero-order chi connectivity index (χ0) is 13.2. The molecule has 0 bridgehead atoms. The molecule has 0 aromatic carbocycles. The Labute approximate surface area is 108 Å². The van der Waals surface area contributed by atoms with Crippen LogP contribution in [0.1, 0.15) is 36.6 Å². The van der Waals surface area contributed by atoms with E-state index in [1.54, 1.807) is 6.20 Å². The molecule has 0 aliphatic carbocycles. The van der Waals surface area contributed by atoms with Gasteiger partial charge in [-0.1, -0.05) is 12.5 Å². The lowest BCUT2D eigenvalue weighted by atomic mass is 10.0. The molecular formula is C12H19N3O2S. The van der Waals surface area contributed by atoms with Crippen LogP contribution in [-0.4, -0.2) is 24.4 Å². The molecule has 0 amide bonds. The third kappa shape index (κ3) is 2.71. The monoisotopic (exact) mass is 269 g/mol. The Morgan fingerprint density at radius 3 is 2.78 bits per heavy atom. The lowest BCUT2D eigenvalue weighted by molar-refractivity contribution is 0.453. The summed E-state index contributed by atoms with van der Waals surface area (Å²) in [5.74, 6) is 5.81. The molecule has 0 saturated carbocycles. The van der Waals surface area contributed by atoms with E-state index in [0.29, 0.717) is 6.42 Å². The summed E-state index contributed by atoms with van der Waals surface area (Å²) in [6.45, 7) is 1.89. The van der Waals surface area contributed by atoms with Crippen molar-refractivity contribution in [2.45, 2.75) is 37.5 Å². The van der Waals surface area contributed by atoms with Crippen LogP contribution in [-0.2, 0) is 9.84 Å². The highest BCUT2D eigenvalue weighted by Crippen LogP contribution is 2.30. The van der Waals surface area contributed by atoms with Gasteiger partial charge in [0.1, 0.15) is 0 Å². The number of rotatable bonds is 3. The molecule has 0 radical (unpaired) electrons. The van der Waals surface area contributed by atoms with Gasteiger partial charge in [0.25, 0.3) is 0 Å². The van der Waals surface area contributed by atoms with Crippen molar-refractivity contribution in [3.8, 4) is 0 Å². The third-order valence-corrected chi connectivity index (χ3v) is 5.76. The van der Waals surface area contributed by atoms with E-state index in [-0.39, 0.29) is 11.8 Å². The lowest BCUT2D eigenvalue weighted by Gasteiger charge is -2.29. The zero-order valence-electron chi connectivity index (χ0n) is 10.5.